The summed E-state index contributed by atoms with van der Waals surface area (Å²) in [6.07, 6.45) is -0.651. The molecule has 1 aliphatic heterocycles. The Bertz CT molecular complexity index is 326. The number of carbonyl (C=O) groups excluding carboxylic acids is 1. The molecule has 1 amide bonds. The summed E-state index contributed by atoms with van der Waals surface area (Å²) in [6.45, 7) is 0. The second-order valence-electron chi connectivity index (χ2n) is 2.77. The number of carboxylic acids is 2. The van der Waals surface area contributed by atoms with Crippen molar-refractivity contribution in [3.63, 3.8) is 0 Å². The summed E-state index contributed by atoms with van der Waals surface area (Å²) in [5, 5.41) is 17.3. The third-order valence-electron chi connectivity index (χ3n) is 1.75. The number of carboxylic acid groups (broad SMARTS) is 2. The first-order valence-corrected chi connectivity index (χ1v) is 5.26. The molecule has 15 heavy (non-hydrogen) atoms. The zero-order chi connectivity index (χ0) is 11.6. The Morgan fingerprint density at radius 2 is 2.13 bits per heavy atom. The lowest BCUT2D eigenvalue weighted by Gasteiger charge is -2.21. The average Bonchev–Trinajstić information content (AvgIpc) is 2.42. The number of thioether (sulfide) groups is 1. The van der Waals surface area contributed by atoms with Crippen LogP contribution in [-0.4, -0.2) is 49.1 Å². The Labute approximate surface area is 94.2 Å². The molecule has 0 spiro atoms. The van der Waals surface area contributed by atoms with Crippen molar-refractivity contribution in [2.45, 2.75) is 12.5 Å². The summed E-state index contributed by atoms with van der Waals surface area (Å²) in [5.41, 5.74) is 0. The highest BCUT2D eigenvalue weighted by atomic mass is 32.2. The van der Waals surface area contributed by atoms with Crippen molar-refractivity contribution in [1.29, 1.82) is 0 Å². The van der Waals surface area contributed by atoms with Gasteiger partial charge in [-0.15, -0.1) is 0 Å². The van der Waals surface area contributed by atoms with Crippen LogP contribution in [0.5, 0.6) is 0 Å². The smallest absolute Gasteiger partial charge is 0.327 e. The molecular weight excluding hydrogens is 242 g/mol. The minimum Gasteiger partial charge on any atom is -0.481 e. The standard InChI is InChI=1S/C7H7NO5S2/c9-4-2-15-7(14)8(4)3(6(12)13)1-5(10)11/h3H,1-2H2,(H,10,11)(H,12,13)/t3-/m1/s1. The van der Waals surface area contributed by atoms with Crippen molar-refractivity contribution < 1.29 is 24.6 Å². The fourth-order valence-corrected chi connectivity index (χ4v) is 2.28. The van der Waals surface area contributed by atoms with Gasteiger partial charge in [-0.1, -0.05) is 24.0 Å². The minimum absolute atomic E-state index is 0.0717. The first-order chi connectivity index (χ1) is 6.93. The van der Waals surface area contributed by atoms with Gasteiger partial charge in [0.15, 0.2) is 0 Å². The van der Waals surface area contributed by atoms with Crippen molar-refractivity contribution in [1.82, 2.24) is 4.90 Å². The number of amides is 1. The molecule has 0 aliphatic carbocycles. The predicted octanol–water partition coefficient (Wildman–Crippen LogP) is -0.225. The molecule has 0 radical (unpaired) electrons. The summed E-state index contributed by atoms with van der Waals surface area (Å²) in [5.74, 6) is -3.04. The molecule has 2 N–H and O–H groups in total. The van der Waals surface area contributed by atoms with E-state index >= 15 is 0 Å². The molecule has 6 nitrogen and oxygen atoms in total. The molecule has 1 aliphatic rings. The highest BCUT2D eigenvalue weighted by molar-refractivity contribution is 8.23. The number of hydrogen-bond donors (Lipinski definition) is 2. The molecule has 8 heteroatoms. The Kier molecular flexibility index (Phi) is 3.64. The summed E-state index contributed by atoms with van der Waals surface area (Å²) in [7, 11) is 0. The maximum Gasteiger partial charge on any atom is 0.327 e. The molecule has 0 aromatic rings. The third kappa shape index (κ3) is 2.66. The van der Waals surface area contributed by atoms with Gasteiger partial charge in [0.1, 0.15) is 10.4 Å². The molecule has 82 valence electrons. The van der Waals surface area contributed by atoms with Crippen molar-refractivity contribution >= 4 is 46.1 Å². The molecule has 1 rings (SSSR count). The van der Waals surface area contributed by atoms with Gasteiger partial charge in [-0.05, 0) is 0 Å². The SMILES string of the molecule is O=C(O)C[C@H](C(=O)O)N1C(=O)CSC1=S. The number of rotatable bonds is 4. The number of aliphatic carboxylic acids is 2. The topological polar surface area (TPSA) is 94.9 Å². The van der Waals surface area contributed by atoms with E-state index in [0.717, 1.165) is 16.7 Å². The van der Waals surface area contributed by atoms with E-state index in [4.69, 9.17) is 22.4 Å². The van der Waals surface area contributed by atoms with Gasteiger partial charge in [-0.3, -0.25) is 14.5 Å². The highest BCUT2D eigenvalue weighted by Gasteiger charge is 2.38. The van der Waals surface area contributed by atoms with E-state index < -0.39 is 30.3 Å². The van der Waals surface area contributed by atoms with E-state index in [0.29, 0.717) is 0 Å². The zero-order valence-corrected chi connectivity index (χ0v) is 9.01. The number of hydrogen-bond acceptors (Lipinski definition) is 5. The van der Waals surface area contributed by atoms with Crippen molar-refractivity contribution in [3.05, 3.63) is 0 Å². The van der Waals surface area contributed by atoms with Crippen LogP contribution in [0.15, 0.2) is 0 Å². The molecule has 1 fully saturated rings. The van der Waals surface area contributed by atoms with Gasteiger partial charge in [0.2, 0.25) is 5.91 Å². The Balaban J connectivity index is 2.88. The van der Waals surface area contributed by atoms with Crippen LogP contribution in [0.1, 0.15) is 6.42 Å². The van der Waals surface area contributed by atoms with Gasteiger partial charge in [-0.25, -0.2) is 4.79 Å². The van der Waals surface area contributed by atoms with E-state index in [-0.39, 0.29) is 10.1 Å². The highest BCUT2D eigenvalue weighted by Crippen LogP contribution is 2.23. The van der Waals surface area contributed by atoms with Crippen molar-refractivity contribution in [3.8, 4) is 0 Å². The Morgan fingerprint density at radius 1 is 1.53 bits per heavy atom. The fourth-order valence-electron chi connectivity index (χ4n) is 1.12. The Morgan fingerprint density at radius 3 is 2.47 bits per heavy atom. The van der Waals surface area contributed by atoms with Crippen LogP contribution in [-0.2, 0) is 14.4 Å². The molecule has 1 atom stereocenters. The predicted molar refractivity (Wildman–Crippen MR) is 55.6 cm³/mol. The minimum atomic E-state index is -1.41. The molecule has 0 aromatic carbocycles. The molecular formula is C7H7NO5S2. The van der Waals surface area contributed by atoms with Gasteiger partial charge in [0.25, 0.3) is 0 Å². The van der Waals surface area contributed by atoms with Crippen LogP contribution in [0.3, 0.4) is 0 Å². The van der Waals surface area contributed by atoms with E-state index in [1.54, 1.807) is 0 Å². The maximum absolute atomic E-state index is 11.3. The van der Waals surface area contributed by atoms with E-state index in [2.05, 4.69) is 0 Å². The Hall–Kier alpha value is -1.15. The summed E-state index contributed by atoms with van der Waals surface area (Å²) >= 11 is 5.82. The number of carbonyl (C=O) groups is 3. The van der Waals surface area contributed by atoms with Gasteiger partial charge >= 0.3 is 11.9 Å². The lowest BCUT2D eigenvalue weighted by atomic mass is 10.2. The van der Waals surface area contributed by atoms with Crippen LogP contribution < -0.4 is 0 Å². The zero-order valence-electron chi connectivity index (χ0n) is 7.37. The van der Waals surface area contributed by atoms with E-state index in [9.17, 15) is 14.4 Å². The monoisotopic (exact) mass is 249 g/mol. The van der Waals surface area contributed by atoms with E-state index in [1.807, 2.05) is 0 Å². The lowest BCUT2D eigenvalue weighted by molar-refractivity contribution is -0.150. The molecule has 1 heterocycles. The normalized spacial score (nSPS) is 18.0. The van der Waals surface area contributed by atoms with Crippen LogP contribution in [0.2, 0.25) is 0 Å². The maximum atomic E-state index is 11.3. The number of thiocarbonyl (C=S) groups is 1. The molecule has 1 saturated heterocycles. The van der Waals surface area contributed by atoms with Crippen LogP contribution in [0.25, 0.3) is 0 Å². The van der Waals surface area contributed by atoms with Crippen molar-refractivity contribution in [2.24, 2.45) is 0 Å². The summed E-state index contributed by atoms with van der Waals surface area (Å²) < 4.78 is 0.119. The lowest BCUT2D eigenvalue weighted by Crippen LogP contribution is -2.45. The number of nitrogens with zero attached hydrogens (tertiary/aromatic N) is 1. The third-order valence-corrected chi connectivity index (χ3v) is 3.13. The quantitative estimate of drug-likeness (QED) is 0.665. The van der Waals surface area contributed by atoms with Crippen LogP contribution in [0, 0.1) is 0 Å². The first-order valence-electron chi connectivity index (χ1n) is 3.87. The molecule has 0 unspecified atom stereocenters. The largest absolute Gasteiger partial charge is 0.481 e. The van der Waals surface area contributed by atoms with Crippen LogP contribution in [0.4, 0.5) is 0 Å². The van der Waals surface area contributed by atoms with Gasteiger partial charge in [-0.2, -0.15) is 0 Å². The summed E-state index contributed by atoms with van der Waals surface area (Å²) in [6, 6.07) is -1.41. The molecule has 0 saturated carbocycles. The van der Waals surface area contributed by atoms with Gasteiger partial charge in [0, 0.05) is 0 Å². The fraction of sp³-hybridized carbons (Fsp3) is 0.429. The first kappa shape index (κ1) is 11.9. The second-order valence-corrected chi connectivity index (χ2v) is 4.38. The second kappa shape index (κ2) is 4.58. The van der Waals surface area contributed by atoms with Crippen LogP contribution >= 0.6 is 24.0 Å². The van der Waals surface area contributed by atoms with Gasteiger partial charge in [0.05, 0.1) is 12.2 Å². The van der Waals surface area contributed by atoms with E-state index in [1.165, 1.54) is 0 Å². The van der Waals surface area contributed by atoms with Gasteiger partial charge < -0.3 is 10.2 Å². The molecule has 0 aromatic heterocycles. The van der Waals surface area contributed by atoms with Crippen molar-refractivity contribution in [2.75, 3.05) is 5.75 Å². The average molecular weight is 249 g/mol. The summed E-state index contributed by atoms with van der Waals surface area (Å²) in [4.78, 5) is 33.4. The molecule has 0 bridgehead atoms.